The van der Waals surface area contributed by atoms with Crippen molar-refractivity contribution in [1.82, 2.24) is 9.97 Å². The van der Waals surface area contributed by atoms with Crippen molar-refractivity contribution >= 4 is 42.1 Å². The molecule has 0 aliphatic rings. The number of nitrogens with zero attached hydrogens (tertiary/aromatic N) is 3. The highest BCUT2D eigenvalue weighted by molar-refractivity contribution is 8.07. The van der Waals surface area contributed by atoms with Crippen LogP contribution in [0.15, 0.2) is 6.20 Å². The lowest BCUT2D eigenvalue weighted by atomic mass is 9.97. The van der Waals surface area contributed by atoms with Crippen LogP contribution in [0.1, 0.15) is 6.92 Å². The number of thiol groups is 1. The van der Waals surface area contributed by atoms with Gasteiger partial charge in [0.2, 0.25) is 17.7 Å². The van der Waals surface area contributed by atoms with Crippen molar-refractivity contribution in [1.29, 1.82) is 0 Å². The first-order valence-corrected chi connectivity index (χ1v) is 4.85. The van der Waals surface area contributed by atoms with E-state index in [2.05, 4.69) is 27.8 Å². The molecular weight excluding hydrogens is 238 g/mol. The first-order valence-electron chi connectivity index (χ1n) is 3.95. The van der Waals surface area contributed by atoms with Gasteiger partial charge in [0.15, 0.2) is 0 Å². The number of nitro groups is 1. The lowest BCUT2D eigenvalue weighted by Gasteiger charge is -2.10. The highest BCUT2D eigenvalue weighted by atomic mass is 35.5. The summed E-state index contributed by atoms with van der Waals surface area (Å²) in [6, 6.07) is 0. The van der Waals surface area contributed by atoms with Gasteiger partial charge < -0.3 is 5.32 Å². The molecule has 0 saturated heterocycles. The first kappa shape index (κ1) is 12.1. The fourth-order valence-corrected chi connectivity index (χ4v) is 1.05. The summed E-state index contributed by atoms with van der Waals surface area (Å²) in [4.78, 5) is 17.3. The minimum Gasteiger partial charge on any atom is -0.369 e. The molecule has 6 nitrogen and oxygen atoms in total. The summed E-state index contributed by atoms with van der Waals surface area (Å²) in [6.45, 7) is 3.31. The number of hydrogen-bond acceptors (Lipinski definition) is 6. The molecule has 0 spiro atoms. The normalized spacial score (nSPS) is 11.9. The van der Waals surface area contributed by atoms with E-state index in [-0.39, 0.29) is 22.7 Å². The molecular formula is C6H7BClN4O2S. The van der Waals surface area contributed by atoms with Crippen LogP contribution < -0.4 is 5.32 Å². The zero-order valence-corrected chi connectivity index (χ0v) is 9.37. The average molecular weight is 245 g/mol. The Hall–Kier alpha value is -1.02. The summed E-state index contributed by atoms with van der Waals surface area (Å²) >= 11 is 9.46. The molecule has 0 amide bonds. The molecule has 1 rings (SSSR count). The molecule has 15 heavy (non-hydrogen) atoms. The lowest BCUT2D eigenvalue weighted by molar-refractivity contribution is -0.384. The predicted octanol–water partition coefficient (Wildman–Crippen LogP) is 1.35. The van der Waals surface area contributed by atoms with Crippen LogP contribution in [-0.2, 0) is 0 Å². The molecule has 1 atom stereocenters. The van der Waals surface area contributed by atoms with Crippen molar-refractivity contribution in [3.63, 3.8) is 0 Å². The van der Waals surface area contributed by atoms with E-state index in [9.17, 15) is 10.1 Å². The molecule has 1 aromatic rings. The number of hydrogen-bond donors (Lipinski definition) is 2. The lowest BCUT2D eigenvalue weighted by Crippen LogP contribution is -2.21. The van der Waals surface area contributed by atoms with Crippen molar-refractivity contribution in [2.45, 2.75) is 12.9 Å². The van der Waals surface area contributed by atoms with Gasteiger partial charge in [0, 0.05) is 5.94 Å². The number of nitrogens with one attached hydrogen (secondary N) is 1. The summed E-state index contributed by atoms with van der Waals surface area (Å²) in [6.07, 6.45) is 1.06. The Balaban J connectivity index is 3.02. The van der Waals surface area contributed by atoms with Gasteiger partial charge in [-0.3, -0.25) is 10.1 Å². The summed E-state index contributed by atoms with van der Waals surface area (Å²) in [7, 11) is 0. The van der Waals surface area contributed by atoms with Gasteiger partial charge in [-0.05, 0) is 11.6 Å². The maximum Gasteiger partial charge on any atom is 0.329 e. The van der Waals surface area contributed by atoms with E-state index in [0.717, 1.165) is 6.20 Å². The average Bonchev–Trinajstić information content (AvgIpc) is 2.17. The molecule has 1 radical (unpaired) electrons. The van der Waals surface area contributed by atoms with Gasteiger partial charge in [0.05, 0.1) is 4.92 Å². The standard InChI is InChI=1S/C6H7BClN4O2S/c1-3(7-15)10-5-4(12(13)14)2-9-6(8)11-5/h2-3,15H,1H3,(H,9,10,11). The van der Waals surface area contributed by atoms with E-state index in [1.54, 1.807) is 13.5 Å². The molecule has 9 heteroatoms. The van der Waals surface area contributed by atoms with Gasteiger partial charge in [0.1, 0.15) is 6.20 Å². The van der Waals surface area contributed by atoms with E-state index in [0.29, 0.717) is 0 Å². The number of anilines is 1. The molecule has 0 saturated carbocycles. The monoisotopic (exact) mass is 245 g/mol. The minimum absolute atomic E-state index is 0.0468. The molecule has 1 heterocycles. The fourth-order valence-electron chi connectivity index (χ4n) is 0.847. The first-order chi connectivity index (χ1) is 7.04. The maximum atomic E-state index is 10.6. The van der Waals surface area contributed by atoms with E-state index >= 15 is 0 Å². The Morgan fingerprint density at radius 3 is 3.00 bits per heavy atom. The number of aromatic nitrogens is 2. The Bertz CT molecular complexity index is 380. The van der Waals surface area contributed by atoms with Crippen molar-refractivity contribution < 1.29 is 4.92 Å². The Labute approximate surface area is 97.1 Å². The second-order valence-electron chi connectivity index (χ2n) is 2.71. The summed E-state index contributed by atoms with van der Waals surface area (Å²) < 4.78 is 0. The topological polar surface area (TPSA) is 81.0 Å². The highest BCUT2D eigenvalue weighted by Crippen LogP contribution is 2.22. The van der Waals surface area contributed by atoms with Crippen molar-refractivity contribution in [3.05, 3.63) is 21.6 Å². The van der Waals surface area contributed by atoms with E-state index < -0.39 is 4.92 Å². The largest absolute Gasteiger partial charge is 0.369 e. The predicted molar refractivity (Wildman–Crippen MR) is 61.5 cm³/mol. The summed E-state index contributed by atoms with van der Waals surface area (Å²) in [5.41, 5.74) is -0.221. The van der Waals surface area contributed by atoms with Crippen LogP contribution in [0.3, 0.4) is 0 Å². The second-order valence-corrected chi connectivity index (χ2v) is 3.35. The van der Waals surface area contributed by atoms with Crippen molar-refractivity contribution in [3.8, 4) is 0 Å². The molecule has 79 valence electrons. The van der Waals surface area contributed by atoms with Crippen LogP contribution in [0.5, 0.6) is 0 Å². The molecule has 0 fully saturated rings. The fraction of sp³-hybridized carbons (Fsp3) is 0.333. The Kier molecular flexibility index (Phi) is 4.16. The van der Waals surface area contributed by atoms with Gasteiger partial charge in [0.25, 0.3) is 0 Å². The van der Waals surface area contributed by atoms with Crippen LogP contribution in [0.25, 0.3) is 0 Å². The van der Waals surface area contributed by atoms with E-state index in [1.807, 2.05) is 0 Å². The zero-order chi connectivity index (χ0) is 11.4. The zero-order valence-electron chi connectivity index (χ0n) is 7.72. The minimum atomic E-state index is -0.579. The molecule has 0 aliphatic carbocycles. The molecule has 0 bridgehead atoms. The van der Waals surface area contributed by atoms with Crippen LogP contribution in [0.4, 0.5) is 11.5 Å². The Morgan fingerprint density at radius 2 is 2.47 bits per heavy atom. The van der Waals surface area contributed by atoms with E-state index in [4.69, 9.17) is 11.6 Å². The SMILES string of the molecule is CC([B]S)Nc1nc(Cl)ncc1[N+](=O)[O-]. The van der Waals surface area contributed by atoms with E-state index in [1.165, 1.54) is 0 Å². The maximum absolute atomic E-state index is 10.6. The molecule has 0 aromatic carbocycles. The second kappa shape index (κ2) is 5.17. The summed E-state index contributed by atoms with van der Waals surface area (Å²) in [5.74, 6) is -0.0872. The third-order valence-corrected chi connectivity index (χ3v) is 2.15. The van der Waals surface area contributed by atoms with Gasteiger partial charge >= 0.3 is 5.69 Å². The number of halogens is 1. The van der Waals surface area contributed by atoms with Gasteiger partial charge in [-0.2, -0.15) is 4.98 Å². The van der Waals surface area contributed by atoms with Gasteiger partial charge in [-0.1, -0.05) is 6.92 Å². The smallest absolute Gasteiger partial charge is 0.329 e. The van der Waals surface area contributed by atoms with Gasteiger partial charge in [-0.15, -0.1) is 0 Å². The van der Waals surface area contributed by atoms with Crippen molar-refractivity contribution in [2.75, 3.05) is 5.32 Å². The number of rotatable bonds is 4. The van der Waals surface area contributed by atoms with Crippen LogP contribution in [0.2, 0.25) is 5.28 Å². The third-order valence-electron chi connectivity index (χ3n) is 1.52. The highest BCUT2D eigenvalue weighted by Gasteiger charge is 2.18. The van der Waals surface area contributed by atoms with Crippen molar-refractivity contribution in [2.24, 2.45) is 0 Å². The quantitative estimate of drug-likeness (QED) is 0.275. The molecule has 1 N–H and O–H groups in total. The molecule has 1 aromatic heterocycles. The van der Waals surface area contributed by atoms with Crippen LogP contribution >= 0.6 is 24.1 Å². The Morgan fingerprint density at radius 1 is 1.80 bits per heavy atom. The van der Waals surface area contributed by atoms with Gasteiger partial charge in [-0.25, -0.2) is 17.5 Å². The van der Waals surface area contributed by atoms with Crippen LogP contribution in [-0.4, -0.2) is 27.4 Å². The summed E-state index contributed by atoms with van der Waals surface area (Å²) in [5, 5.41) is 13.3. The third kappa shape index (κ3) is 3.24. The van der Waals surface area contributed by atoms with Crippen LogP contribution in [0, 0.1) is 10.1 Å². The molecule has 1 unspecified atom stereocenters. The molecule has 0 aliphatic heterocycles.